The van der Waals surface area contributed by atoms with Gasteiger partial charge in [0.25, 0.3) is 0 Å². The van der Waals surface area contributed by atoms with Crippen LogP contribution in [0.3, 0.4) is 0 Å². The fourth-order valence-corrected chi connectivity index (χ4v) is 1.06. The highest BCUT2D eigenvalue weighted by atomic mass is 35.5. The standard InChI is InChI=1S/C8H11ClN2/c1-6(2)3-7-4-10-5-8(9)11-7/h4-6H,3H2,1-2H3. The third kappa shape index (κ3) is 2.85. The zero-order valence-electron chi connectivity index (χ0n) is 6.71. The molecular formula is C8H11ClN2. The first-order valence-corrected chi connectivity index (χ1v) is 4.02. The molecule has 1 rings (SSSR count). The molecule has 3 heteroatoms. The minimum atomic E-state index is 0.475. The van der Waals surface area contributed by atoms with Crippen molar-refractivity contribution in [3.63, 3.8) is 0 Å². The second-order valence-corrected chi connectivity index (χ2v) is 3.32. The number of nitrogens with zero attached hydrogens (tertiary/aromatic N) is 2. The minimum Gasteiger partial charge on any atom is -0.260 e. The SMILES string of the molecule is CC(C)Cc1cncc(Cl)n1. The van der Waals surface area contributed by atoms with Crippen molar-refractivity contribution in [2.75, 3.05) is 0 Å². The molecule has 1 aromatic rings. The zero-order valence-corrected chi connectivity index (χ0v) is 7.47. The lowest BCUT2D eigenvalue weighted by atomic mass is 10.1. The summed E-state index contributed by atoms with van der Waals surface area (Å²) >= 11 is 5.65. The van der Waals surface area contributed by atoms with Crippen molar-refractivity contribution >= 4 is 11.6 Å². The van der Waals surface area contributed by atoms with Gasteiger partial charge in [-0.25, -0.2) is 4.98 Å². The Kier molecular flexibility index (Phi) is 2.83. The van der Waals surface area contributed by atoms with Crippen LogP contribution in [0.1, 0.15) is 19.5 Å². The summed E-state index contributed by atoms with van der Waals surface area (Å²) in [5.74, 6) is 0.600. The third-order valence-electron chi connectivity index (χ3n) is 1.27. The second-order valence-electron chi connectivity index (χ2n) is 2.93. The van der Waals surface area contributed by atoms with Crippen molar-refractivity contribution < 1.29 is 0 Å². The average Bonchev–Trinajstić information content (AvgIpc) is 1.85. The number of hydrogen-bond donors (Lipinski definition) is 0. The summed E-state index contributed by atoms with van der Waals surface area (Å²) in [7, 11) is 0. The Hall–Kier alpha value is -0.630. The highest BCUT2D eigenvalue weighted by molar-refractivity contribution is 6.29. The summed E-state index contributed by atoms with van der Waals surface area (Å²) in [5, 5.41) is 0.475. The van der Waals surface area contributed by atoms with Crippen LogP contribution in [0.2, 0.25) is 5.15 Å². The van der Waals surface area contributed by atoms with Crippen molar-refractivity contribution in [3.8, 4) is 0 Å². The van der Waals surface area contributed by atoms with E-state index >= 15 is 0 Å². The first-order valence-electron chi connectivity index (χ1n) is 3.65. The number of aromatic nitrogens is 2. The lowest BCUT2D eigenvalue weighted by molar-refractivity contribution is 0.633. The van der Waals surface area contributed by atoms with Crippen LogP contribution < -0.4 is 0 Å². The van der Waals surface area contributed by atoms with Crippen LogP contribution in [0.25, 0.3) is 0 Å². The maximum Gasteiger partial charge on any atom is 0.147 e. The van der Waals surface area contributed by atoms with E-state index in [4.69, 9.17) is 11.6 Å². The van der Waals surface area contributed by atoms with Crippen molar-refractivity contribution in [2.24, 2.45) is 5.92 Å². The molecular weight excluding hydrogens is 160 g/mol. The number of hydrogen-bond acceptors (Lipinski definition) is 2. The summed E-state index contributed by atoms with van der Waals surface area (Å²) in [4.78, 5) is 8.06. The van der Waals surface area contributed by atoms with E-state index in [1.807, 2.05) is 0 Å². The van der Waals surface area contributed by atoms with Gasteiger partial charge in [-0.3, -0.25) is 4.98 Å². The molecule has 60 valence electrons. The molecule has 0 fully saturated rings. The van der Waals surface area contributed by atoms with Gasteiger partial charge in [-0.05, 0) is 12.3 Å². The molecule has 0 aromatic carbocycles. The molecule has 2 nitrogen and oxygen atoms in total. The molecule has 1 aromatic heterocycles. The van der Waals surface area contributed by atoms with E-state index in [2.05, 4.69) is 23.8 Å². The molecule has 0 unspecified atom stereocenters. The molecule has 11 heavy (non-hydrogen) atoms. The van der Waals surface area contributed by atoms with Crippen LogP contribution in [-0.4, -0.2) is 9.97 Å². The smallest absolute Gasteiger partial charge is 0.147 e. The van der Waals surface area contributed by atoms with Gasteiger partial charge in [0.1, 0.15) is 5.15 Å². The maximum absolute atomic E-state index is 5.65. The van der Waals surface area contributed by atoms with E-state index in [1.165, 1.54) is 0 Å². The Morgan fingerprint density at radius 1 is 1.45 bits per heavy atom. The topological polar surface area (TPSA) is 25.8 Å². The van der Waals surface area contributed by atoms with E-state index in [0.717, 1.165) is 12.1 Å². The highest BCUT2D eigenvalue weighted by Gasteiger charge is 1.99. The van der Waals surface area contributed by atoms with Gasteiger partial charge in [0.05, 0.1) is 11.9 Å². The van der Waals surface area contributed by atoms with Crippen LogP contribution in [0, 0.1) is 5.92 Å². The molecule has 0 saturated heterocycles. The fourth-order valence-electron chi connectivity index (χ4n) is 0.896. The number of halogens is 1. The number of rotatable bonds is 2. The molecule has 0 amide bonds. The molecule has 0 bridgehead atoms. The average molecular weight is 171 g/mol. The minimum absolute atomic E-state index is 0.475. The zero-order chi connectivity index (χ0) is 8.27. The van der Waals surface area contributed by atoms with Crippen molar-refractivity contribution in [2.45, 2.75) is 20.3 Å². The molecule has 0 aliphatic rings. The molecule has 0 aliphatic carbocycles. The van der Waals surface area contributed by atoms with Crippen LogP contribution in [-0.2, 0) is 6.42 Å². The largest absolute Gasteiger partial charge is 0.260 e. The molecule has 1 heterocycles. The Morgan fingerprint density at radius 3 is 2.73 bits per heavy atom. The van der Waals surface area contributed by atoms with Gasteiger partial charge in [-0.1, -0.05) is 25.4 Å². The van der Waals surface area contributed by atoms with E-state index in [-0.39, 0.29) is 0 Å². The van der Waals surface area contributed by atoms with E-state index in [9.17, 15) is 0 Å². The first-order chi connectivity index (χ1) is 5.18. The summed E-state index contributed by atoms with van der Waals surface area (Å²) in [6, 6.07) is 0. The van der Waals surface area contributed by atoms with Crippen LogP contribution in [0.5, 0.6) is 0 Å². The van der Waals surface area contributed by atoms with Crippen molar-refractivity contribution in [3.05, 3.63) is 23.2 Å². The monoisotopic (exact) mass is 170 g/mol. The van der Waals surface area contributed by atoms with Gasteiger partial charge in [0.2, 0.25) is 0 Å². The van der Waals surface area contributed by atoms with Gasteiger partial charge >= 0.3 is 0 Å². The Morgan fingerprint density at radius 2 is 2.18 bits per heavy atom. The Bertz CT molecular complexity index is 235. The van der Waals surface area contributed by atoms with Crippen LogP contribution >= 0.6 is 11.6 Å². The summed E-state index contributed by atoms with van der Waals surface area (Å²) in [6.45, 7) is 4.28. The molecule has 0 aliphatic heterocycles. The first kappa shape index (κ1) is 8.47. The van der Waals surface area contributed by atoms with E-state index in [0.29, 0.717) is 11.1 Å². The summed E-state index contributed by atoms with van der Waals surface area (Å²) in [6.07, 6.45) is 4.24. The summed E-state index contributed by atoms with van der Waals surface area (Å²) < 4.78 is 0. The summed E-state index contributed by atoms with van der Waals surface area (Å²) in [5.41, 5.74) is 0.965. The molecule has 0 N–H and O–H groups in total. The fraction of sp³-hybridized carbons (Fsp3) is 0.500. The molecule has 0 spiro atoms. The third-order valence-corrected chi connectivity index (χ3v) is 1.45. The Labute approximate surface area is 71.6 Å². The predicted octanol–water partition coefficient (Wildman–Crippen LogP) is 2.33. The molecule has 0 saturated carbocycles. The quantitative estimate of drug-likeness (QED) is 0.681. The van der Waals surface area contributed by atoms with Crippen LogP contribution in [0.15, 0.2) is 12.4 Å². The maximum atomic E-state index is 5.65. The molecule has 0 radical (unpaired) electrons. The van der Waals surface area contributed by atoms with Crippen LogP contribution in [0.4, 0.5) is 0 Å². The highest BCUT2D eigenvalue weighted by Crippen LogP contribution is 2.07. The van der Waals surface area contributed by atoms with Gasteiger partial charge < -0.3 is 0 Å². The van der Waals surface area contributed by atoms with Crippen molar-refractivity contribution in [1.82, 2.24) is 9.97 Å². The lowest BCUT2D eigenvalue weighted by Crippen LogP contribution is -1.97. The van der Waals surface area contributed by atoms with Gasteiger partial charge in [0.15, 0.2) is 0 Å². The van der Waals surface area contributed by atoms with Gasteiger partial charge in [-0.15, -0.1) is 0 Å². The van der Waals surface area contributed by atoms with Gasteiger partial charge in [-0.2, -0.15) is 0 Å². The second kappa shape index (κ2) is 3.67. The lowest BCUT2D eigenvalue weighted by Gasteiger charge is -2.02. The normalized spacial score (nSPS) is 10.5. The van der Waals surface area contributed by atoms with Crippen molar-refractivity contribution in [1.29, 1.82) is 0 Å². The molecule has 0 atom stereocenters. The predicted molar refractivity (Wildman–Crippen MR) is 45.6 cm³/mol. The van der Waals surface area contributed by atoms with E-state index < -0.39 is 0 Å². The Balaban J connectivity index is 2.71. The van der Waals surface area contributed by atoms with E-state index in [1.54, 1.807) is 12.4 Å². The van der Waals surface area contributed by atoms with Gasteiger partial charge in [0, 0.05) is 6.20 Å².